The standard InChI is InChI=1S/C15H18N2OS2/c1-4-8-17-14(18)12-10-6-5-7-11(10)20-13(12)16-15(17)19-9(2)3/h4,9H,1,5-8H2,2-3H3. The van der Waals surface area contributed by atoms with Crippen LogP contribution in [-0.2, 0) is 19.4 Å². The zero-order valence-electron chi connectivity index (χ0n) is 11.8. The van der Waals surface area contributed by atoms with E-state index < -0.39 is 0 Å². The average molecular weight is 306 g/mol. The summed E-state index contributed by atoms with van der Waals surface area (Å²) in [5, 5.41) is 2.08. The van der Waals surface area contributed by atoms with Gasteiger partial charge in [-0.25, -0.2) is 4.98 Å². The second-order valence-electron chi connectivity index (χ2n) is 5.30. The van der Waals surface area contributed by atoms with E-state index in [-0.39, 0.29) is 5.56 Å². The van der Waals surface area contributed by atoms with Gasteiger partial charge in [-0.05, 0) is 24.8 Å². The maximum Gasteiger partial charge on any atom is 0.263 e. The lowest BCUT2D eigenvalue weighted by Gasteiger charge is -2.11. The van der Waals surface area contributed by atoms with Crippen LogP contribution in [0.4, 0.5) is 0 Å². The summed E-state index contributed by atoms with van der Waals surface area (Å²) in [4.78, 5) is 19.8. The number of thioether (sulfide) groups is 1. The van der Waals surface area contributed by atoms with Gasteiger partial charge in [0.25, 0.3) is 5.56 Å². The number of fused-ring (bicyclic) bond motifs is 3. The van der Waals surface area contributed by atoms with Gasteiger partial charge in [0, 0.05) is 16.7 Å². The van der Waals surface area contributed by atoms with Gasteiger partial charge in [-0.3, -0.25) is 9.36 Å². The number of nitrogens with zero attached hydrogens (tertiary/aromatic N) is 2. The third kappa shape index (κ3) is 2.23. The highest BCUT2D eigenvalue weighted by molar-refractivity contribution is 7.99. The molecule has 0 radical (unpaired) electrons. The van der Waals surface area contributed by atoms with Crippen molar-refractivity contribution in [3.8, 4) is 0 Å². The van der Waals surface area contributed by atoms with Gasteiger partial charge in [0.05, 0.1) is 5.39 Å². The molecule has 1 aliphatic rings. The van der Waals surface area contributed by atoms with Crippen molar-refractivity contribution in [2.75, 3.05) is 0 Å². The highest BCUT2D eigenvalue weighted by Crippen LogP contribution is 2.35. The molecule has 3 nitrogen and oxygen atoms in total. The molecule has 20 heavy (non-hydrogen) atoms. The lowest BCUT2D eigenvalue weighted by atomic mass is 10.2. The molecule has 0 fully saturated rings. The Morgan fingerprint density at radius 2 is 2.30 bits per heavy atom. The summed E-state index contributed by atoms with van der Waals surface area (Å²) >= 11 is 3.35. The Balaban J connectivity index is 2.27. The highest BCUT2D eigenvalue weighted by atomic mass is 32.2. The molecule has 0 N–H and O–H groups in total. The Morgan fingerprint density at radius 3 is 3.00 bits per heavy atom. The molecule has 0 saturated carbocycles. The zero-order chi connectivity index (χ0) is 14.3. The van der Waals surface area contributed by atoms with Gasteiger partial charge < -0.3 is 0 Å². The Bertz CT molecular complexity index is 728. The van der Waals surface area contributed by atoms with Crippen LogP contribution < -0.4 is 5.56 Å². The van der Waals surface area contributed by atoms with E-state index >= 15 is 0 Å². The number of thiophene rings is 1. The molecule has 106 valence electrons. The van der Waals surface area contributed by atoms with Crippen LogP contribution in [0.15, 0.2) is 22.6 Å². The van der Waals surface area contributed by atoms with Crippen LogP contribution in [0.1, 0.15) is 30.7 Å². The van der Waals surface area contributed by atoms with Gasteiger partial charge in [0.2, 0.25) is 0 Å². The SMILES string of the molecule is C=CCn1c(SC(C)C)nc2sc3c(c2c1=O)CCC3. The van der Waals surface area contributed by atoms with E-state index in [2.05, 4.69) is 20.4 Å². The first-order valence-corrected chi connectivity index (χ1v) is 8.64. The van der Waals surface area contributed by atoms with Crippen molar-refractivity contribution in [2.24, 2.45) is 0 Å². The lowest BCUT2D eigenvalue weighted by Crippen LogP contribution is -2.23. The summed E-state index contributed by atoms with van der Waals surface area (Å²) in [6.45, 7) is 8.53. The molecule has 0 aliphatic heterocycles. The lowest BCUT2D eigenvalue weighted by molar-refractivity contribution is 0.670. The van der Waals surface area contributed by atoms with E-state index in [1.165, 1.54) is 16.9 Å². The van der Waals surface area contributed by atoms with Crippen molar-refractivity contribution in [3.05, 3.63) is 33.4 Å². The Labute approximate surface area is 126 Å². The van der Waals surface area contributed by atoms with E-state index in [0.717, 1.165) is 28.2 Å². The van der Waals surface area contributed by atoms with Crippen LogP contribution in [-0.4, -0.2) is 14.8 Å². The van der Waals surface area contributed by atoms with Crippen LogP contribution in [0.2, 0.25) is 0 Å². The Morgan fingerprint density at radius 1 is 1.50 bits per heavy atom. The van der Waals surface area contributed by atoms with E-state index in [9.17, 15) is 4.79 Å². The van der Waals surface area contributed by atoms with E-state index in [1.807, 2.05) is 0 Å². The number of aromatic nitrogens is 2. The molecule has 2 heterocycles. The molecule has 2 aromatic rings. The van der Waals surface area contributed by atoms with Crippen LogP contribution in [0.5, 0.6) is 0 Å². The Kier molecular flexibility index (Phi) is 3.73. The smallest absolute Gasteiger partial charge is 0.263 e. The molecular weight excluding hydrogens is 288 g/mol. The maximum atomic E-state index is 12.8. The van der Waals surface area contributed by atoms with Crippen molar-refractivity contribution in [3.63, 3.8) is 0 Å². The quantitative estimate of drug-likeness (QED) is 0.491. The monoisotopic (exact) mass is 306 g/mol. The van der Waals surface area contributed by atoms with Gasteiger partial charge in [-0.2, -0.15) is 0 Å². The van der Waals surface area contributed by atoms with Gasteiger partial charge >= 0.3 is 0 Å². The molecule has 0 unspecified atom stereocenters. The van der Waals surface area contributed by atoms with Gasteiger partial charge in [-0.15, -0.1) is 17.9 Å². The number of hydrogen-bond donors (Lipinski definition) is 0. The third-order valence-corrected chi connectivity index (χ3v) is 5.62. The molecule has 5 heteroatoms. The number of allylic oxidation sites excluding steroid dienone is 1. The van der Waals surface area contributed by atoms with Crippen molar-refractivity contribution in [1.29, 1.82) is 0 Å². The fraction of sp³-hybridized carbons (Fsp3) is 0.467. The van der Waals surface area contributed by atoms with Crippen LogP contribution in [0.25, 0.3) is 10.2 Å². The van der Waals surface area contributed by atoms with Gasteiger partial charge in [-0.1, -0.05) is 31.7 Å². The fourth-order valence-corrected chi connectivity index (χ4v) is 4.81. The average Bonchev–Trinajstić information content (AvgIpc) is 2.93. The molecule has 0 amide bonds. The van der Waals surface area contributed by atoms with Crippen molar-refractivity contribution in [2.45, 2.75) is 50.1 Å². The first-order valence-electron chi connectivity index (χ1n) is 6.94. The number of rotatable bonds is 4. The molecular formula is C15H18N2OS2. The summed E-state index contributed by atoms with van der Waals surface area (Å²) in [5.41, 5.74) is 1.36. The van der Waals surface area contributed by atoms with Gasteiger partial charge in [0.1, 0.15) is 4.83 Å². The van der Waals surface area contributed by atoms with Crippen molar-refractivity contribution in [1.82, 2.24) is 9.55 Å². The number of hydrogen-bond acceptors (Lipinski definition) is 4. The van der Waals surface area contributed by atoms with Crippen LogP contribution >= 0.6 is 23.1 Å². The molecule has 0 spiro atoms. The molecule has 2 aromatic heterocycles. The first kappa shape index (κ1) is 13.9. The number of aryl methyl sites for hydroxylation is 2. The molecule has 0 bridgehead atoms. The second kappa shape index (κ2) is 5.37. The predicted octanol–water partition coefficient (Wildman–Crippen LogP) is 3.63. The molecule has 0 aromatic carbocycles. The normalized spacial score (nSPS) is 14.2. The second-order valence-corrected chi connectivity index (χ2v) is 7.93. The minimum Gasteiger partial charge on any atom is -0.283 e. The van der Waals surface area contributed by atoms with Gasteiger partial charge in [0.15, 0.2) is 5.16 Å². The predicted molar refractivity (Wildman–Crippen MR) is 87.1 cm³/mol. The van der Waals surface area contributed by atoms with E-state index in [4.69, 9.17) is 4.98 Å². The largest absolute Gasteiger partial charge is 0.283 e. The zero-order valence-corrected chi connectivity index (χ0v) is 13.4. The molecule has 3 rings (SSSR count). The summed E-state index contributed by atoms with van der Waals surface area (Å²) in [7, 11) is 0. The summed E-state index contributed by atoms with van der Waals surface area (Å²) < 4.78 is 1.77. The topological polar surface area (TPSA) is 34.9 Å². The van der Waals surface area contributed by atoms with Crippen LogP contribution in [0.3, 0.4) is 0 Å². The van der Waals surface area contributed by atoms with Crippen molar-refractivity contribution < 1.29 is 0 Å². The summed E-state index contributed by atoms with van der Waals surface area (Å²) in [6, 6.07) is 0. The molecule has 0 atom stereocenters. The highest BCUT2D eigenvalue weighted by Gasteiger charge is 2.23. The molecule has 1 aliphatic carbocycles. The van der Waals surface area contributed by atoms with Crippen molar-refractivity contribution >= 4 is 33.3 Å². The third-order valence-electron chi connectivity index (χ3n) is 3.44. The minimum absolute atomic E-state index is 0.109. The van der Waals surface area contributed by atoms with E-state index in [0.29, 0.717) is 11.8 Å². The van der Waals surface area contributed by atoms with Crippen LogP contribution in [0, 0.1) is 0 Å². The minimum atomic E-state index is 0.109. The summed E-state index contributed by atoms with van der Waals surface area (Å²) in [5.74, 6) is 0. The Hall–Kier alpha value is -1.07. The maximum absolute atomic E-state index is 12.8. The van der Waals surface area contributed by atoms with E-state index in [1.54, 1.807) is 33.7 Å². The summed E-state index contributed by atoms with van der Waals surface area (Å²) in [6.07, 6.45) is 5.06. The molecule has 0 saturated heterocycles. The first-order chi connectivity index (χ1) is 9.61. The fourth-order valence-electron chi connectivity index (χ4n) is 2.65.